The molecule has 1 N–H and O–H groups in total. The van der Waals surface area contributed by atoms with Crippen LogP contribution in [-0.4, -0.2) is 38.5 Å². The Morgan fingerprint density at radius 1 is 1.19 bits per heavy atom. The highest BCUT2D eigenvalue weighted by atomic mass is 19.1. The minimum absolute atomic E-state index is 0.0204. The van der Waals surface area contributed by atoms with E-state index in [1.54, 1.807) is 6.92 Å². The highest BCUT2D eigenvalue weighted by Gasteiger charge is 2.25. The molecule has 0 saturated carbocycles. The summed E-state index contributed by atoms with van der Waals surface area (Å²) in [5.74, 6) is -2.15. The second kappa shape index (κ2) is 6.63. The number of ether oxygens (including phenoxy) is 1. The molecular weight excluding hydrogens is 357 g/mol. The number of fused-ring (bicyclic) bond motifs is 1. The number of halogens is 1. The number of aromatic nitrogens is 4. The smallest absolute Gasteiger partial charge is 0.358 e. The van der Waals surface area contributed by atoms with Gasteiger partial charge in [-0.2, -0.15) is 10.2 Å². The molecule has 1 aromatic carbocycles. The van der Waals surface area contributed by atoms with Gasteiger partial charge in [-0.3, -0.25) is 19.0 Å². The fraction of sp³-hybridized carbons (Fsp3) is 0.235. The molecule has 0 fully saturated rings. The van der Waals surface area contributed by atoms with Crippen molar-refractivity contribution in [2.24, 2.45) is 14.1 Å². The Bertz CT molecular complexity index is 1150. The molecule has 140 valence electrons. The fourth-order valence-corrected chi connectivity index (χ4v) is 2.81. The van der Waals surface area contributed by atoms with Gasteiger partial charge < -0.3 is 10.1 Å². The molecule has 1 amide bonds. The molecule has 0 atom stereocenters. The summed E-state index contributed by atoms with van der Waals surface area (Å²) >= 11 is 0. The minimum atomic E-state index is -0.844. The lowest BCUT2D eigenvalue weighted by molar-refractivity contribution is 0.0589. The topological polar surface area (TPSA) is 108 Å². The van der Waals surface area contributed by atoms with Crippen LogP contribution in [0.4, 0.5) is 10.1 Å². The third kappa shape index (κ3) is 3.05. The molecule has 0 spiro atoms. The number of hydrogen-bond donors (Lipinski definition) is 1. The van der Waals surface area contributed by atoms with Gasteiger partial charge in [0.15, 0.2) is 11.4 Å². The van der Waals surface area contributed by atoms with Crippen molar-refractivity contribution in [3.05, 3.63) is 51.3 Å². The van der Waals surface area contributed by atoms with Crippen LogP contribution in [0.25, 0.3) is 10.9 Å². The largest absolute Gasteiger partial charge is 0.464 e. The van der Waals surface area contributed by atoms with Gasteiger partial charge in [-0.15, -0.1) is 0 Å². The van der Waals surface area contributed by atoms with Crippen LogP contribution in [0.15, 0.2) is 23.0 Å². The van der Waals surface area contributed by atoms with Crippen LogP contribution in [0.2, 0.25) is 0 Å². The molecule has 0 saturated heterocycles. The first-order valence-electron chi connectivity index (χ1n) is 7.84. The van der Waals surface area contributed by atoms with Crippen molar-refractivity contribution in [1.29, 1.82) is 0 Å². The van der Waals surface area contributed by atoms with Gasteiger partial charge in [-0.05, 0) is 25.1 Å². The average Bonchev–Trinajstić information content (AvgIpc) is 2.90. The van der Waals surface area contributed by atoms with Crippen LogP contribution in [0.1, 0.15) is 26.7 Å². The molecule has 9 nitrogen and oxygen atoms in total. The zero-order valence-electron chi connectivity index (χ0n) is 15.0. The molecule has 2 aromatic heterocycles. The molecule has 0 aliphatic heterocycles. The third-order valence-corrected chi connectivity index (χ3v) is 4.07. The van der Waals surface area contributed by atoms with Gasteiger partial charge in [0, 0.05) is 14.1 Å². The lowest BCUT2D eigenvalue weighted by Crippen LogP contribution is -2.27. The Balaban J connectivity index is 2.10. The van der Waals surface area contributed by atoms with Gasteiger partial charge in [0.05, 0.1) is 29.4 Å². The van der Waals surface area contributed by atoms with E-state index in [2.05, 4.69) is 15.5 Å². The van der Waals surface area contributed by atoms with Crippen molar-refractivity contribution in [2.75, 3.05) is 12.4 Å². The monoisotopic (exact) mass is 373 g/mol. The number of aryl methyl sites for hydroxylation is 3. The zero-order chi connectivity index (χ0) is 19.9. The molecule has 0 radical (unpaired) electrons. The van der Waals surface area contributed by atoms with Gasteiger partial charge in [-0.1, -0.05) is 0 Å². The number of benzene rings is 1. The summed E-state index contributed by atoms with van der Waals surface area (Å²) < 4.78 is 20.8. The van der Waals surface area contributed by atoms with E-state index in [-0.39, 0.29) is 16.8 Å². The second-order valence-corrected chi connectivity index (χ2v) is 5.84. The Morgan fingerprint density at radius 2 is 1.89 bits per heavy atom. The molecule has 3 aromatic rings. The number of esters is 1. The number of nitrogens with one attached hydrogen (secondary N) is 1. The first kappa shape index (κ1) is 18.2. The Hall–Kier alpha value is -3.56. The Kier molecular flexibility index (Phi) is 4.48. The van der Waals surface area contributed by atoms with Gasteiger partial charge in [0.2, 0.25) is 5.43 Å². The lowest BCUT2D eigenvalue weighted by Gasteiger charge is -2.09. The Labute approximate surface area is 152 Å². The van der Waals surface area contributed by atoms with Crippen LogP contribution in [0.3, 0.4) is 0 Å². The maximum Gasteiger partial charge on any atom is 0.358 e. The van der Waals surface area contributed by atoms with E-state index in [1.165, 1.54) is 42.7 Å². The lowest BCUT2D eigenvalue weighted by atomic mass is 10.2. The first-order chi connectivity index (χ1) is 12.7. The van der Waals surface area contributed by atoms with Gasteiger partial charge in [0.25, 0.3) is 5.91 Å². The molecule has 0 aliphatic carbocycles. The number of carbonyl (C=O) groups excluding carboxylic acids is 2. The molecular formula is C17H16FN5O4. The summed E-state index contributed by atoms with van der Waals surface area (Å²) in [5.41, 5.74) is -0.291. The van der Waals surface area contributed by atoms with Crippen LogP contribution in [-0.2, 0) is 18.8 Å². The number of carbonyl (C=O) groups is 2. The first-order valence-corrected chi connectivity index (χ1v) is 7.84. The van der Waals surface area contributed by atoms with E-state index in [4.69, 9.17) is 4.74 Å². The maximum absolute atomic E-state index is 13.5. The SMILES string of the molecule is COC(=O)c1c(NC(=O)c2nn(C)c3ccc(F)cc3c2=O)c(C)nn1C. The number of rotatable bonds is 3. The van der Waals surface area contributed by atoms with Crippen LogP contribution < -0.4 is 10.7 Å². The van der Waals surface area contributed by atoms with Crippen molar-refractivity contribution >= 4 is 28.5 Å². The molecule has 2 heterocycles. The van der Waals surface area contributed by atoms with Crippen LogP contribution >= 0.6 is 0 Å². The molecule has 10 heteroatoms. The molecule has 0 aliphatic rings. The predicted molar refractivity (Wildman–Crippen MR) is 94.2 cm³/mol. The number of methoxy groups -OCH3 is 1. The van der Waals surface area contributed by atoms with Crippen molar-refractivity contribution < 1.29 is 18.7 Å². The third-order valence-electron chi connectivity index (χ3n) is 4.07. The summed E-state index contributed by atoms with van der Waals surface area (Å²) in [5, 5.41) is 10.6. The summed E-state index contributed by atoms with van der Waals surface area (Å²) in [7, 11) is 4.25. The van der Waals surface area contributed by atoms with Crippen LogP contribution in [0, 0.1) is 12.7 Å². The number of amides is 1. The van der Waals surface area contributed by atoms with Crippen molar-refractivity contribution in [2.45, 2.75) is 6.92 Å². The summed E-state index contributed by atoms with van der Waals surface area (Å²) in [6.45, 7) is 1.59. The number of hydrogen-bond acceptors (Lipinski definition) is 6. The normalized spacial score (nSPS) is 10.9. The van der Waals surface area contributed by atoms with Crippen molar-refractivity contribution in [3.63, 3.8) is 0 Å². The Morgan fingerprint density at radius 3 is 2.56 bits per heavy atom. The van der Waals surface area contributed by atoms with Gasteiger partial charge >= 0.3 is 5.97 Å². The maximum atomic E-state index is 13.5. The standard InChI is InChI=1S/C17H16FN5O4/c1-8-12(14(17(26)27-4)23(3)20-8)19-16(25)13-15(24)10-7-9(18)5-6-11(10)22(2)21-13/h5-7H,1-4H3,(H,19,25). The summed E-state index contributed by atoms with van der Waals surface area (Å²) in [6.07, 6.45) is 0. The molecule has 0 unspecified atom stereocenters. The highest BCUT2D eigenvalue weighted by molar-refractivity contribution is 6.07. The van der Waals surface area contributed by atoms with E-state index >= 15 is 0 Å². The highest BCUT2D eigenvalue weighted by Crippen LogP contribution is 2.21. The minimum Gasteiger partial charge on any atom is -0.464 e. The fourth-order valence-electron chi connectivity index (χ4n) is 2.81. The number of anilines is 1. The van der Waals surface area contributed by atoms with E-state index in [0.29, 0.717) is 11.2 Å². The van der Waals surface area contributed by atoms with Crippen LogP contribution in [0.5, 0.6) is 0 Å². The number of nitrogens with zero attached hydrogens (tertiary/aromatic N) is 4. The quantitative estimate of drug-likeness (QED) is 0.690. The molecule has 27 heavy (non-hydrogen) atoms. The van der Waals surface area contributed by atoms with Crippen molar-refractivity contribution in [1.82, 2.24) is 19.6 Å². The molecule has 0 bridgehead atoms. The van der Waals surface area contributed by atoms with Gasteiger partial charge in [0.1, 0.15) is 5.82 Å². The predicted octanol–water partition coefficient (Wildman–Crippen LogP) is 1.15. The molecule has 3 rings (SSSR count). The summed E-state index contributed by atoms with van der Waals surface area (Å²) in [4.78, 5) is 37.2. The second-order valence-electron chi connectivity index (χ2n) is 5.84. The van der Waals surface area contributed by atoms with Gasteiger partial charge in [-0.25, -0.2) is 9.18 Å². The summed E-state index contributed by atoms with van der Waals surface area (Å²) in [6, 6.07) is 3.65. The van der Waals surface area contributed by atoms with E-state index in [9.17, 15) is 18.8 Å². The van der Waals surface area contributed by atoms with Crippen molar-refractivity contribution in [3.8, 4) is 0 Å². The van der Waals surface area contributed by atoms with E-state index in [1.807, 2.05) is 0 Å². The average molecular weight is 373 g/mol. The van der Waals surface area contributed by atoms with E-state index < -0.39 is 28.8 Å². The zero-order valence-corrected chi connectivity index (χ0v) is 15.0. The van der Waals surface area contributed by atoms with E-state index in [0.717, 1.165) is 6.07 Å².